The molecule has 0 aliphatic carbocycles. The molecule has 0 unspecified atom stereocenters. The smallest absolute Gasteiger partial charge is 0.153 e. The molecule has 0 bridgehead atoms. The van der Waals surface area contributed by atoms with E-state index in [0.717, 1.165) is 25.9 Å². The van der Waals surface area contributed by atoms with Crippen molar-refractivity contribution in [3.05, 3.63) is 0 Å². The molecule has 1 fully saturated rings. The van der Waals surface area contributed by atoms with Crippen molar-refractivity contribution in [1.82, 2.24) is 4.90 Å². The summed E-state index contributed by atoms with van der Waals surface area (Å²) in [6.07, 6.45) is 1.74. The first-order chi connectivity index (χ1) is 7.83. The van der Waals surface area contributed by atoms with Gasteiger partial charge in [0.25, 0.3) is 0 Å². The molecular formula is C12H23NO3S. The third kappa shape index (κ3) is 4.39. The predicted octanol–water partition coefficient (Wildman–Crippen LogP) is 1.11. The number of ketones is 1. The molecule has 0 aromatic rings. The Labute approximate surface area is 104 Å². The average molecular weight is 261 g/mol. The Balaban J connectivity index is 2.35. The first-order valence-corrected chi connectivity index (χ1v) is 7.99. The number of sulfone groups is 1. The highest BCUT2D eigenvalue weighted by Crippen LogP contribution is 2.17. The van der Waals surface area contributed by atoms with E-state index in [1.165, 1.54) is 0 Å². The number of carbonyl (C=O) groups is 1. The first-order valence-electron chi connectivity index (χ1n) is 6.27. The Morgan fingerprint density at radius 3 is 2.24 bits per heavy atom. The number of piperidine rings is 1. The van der Waals surface area contributed by atoms with Crippen LogP contribution in [0.4, 0.5) is 0 Å². The minimum atomic E-state index is -2.94. The van der Waals surface area contributed by atoms with Gasteiger partial charge in [-0.25, -0.2) is 8.42 Å². The van der Waals surface area contributed by atoms with E-state index in [1.807, 2.05) is 0 Å². The van der Waals surface area contributed by atoms with Crippen molar-refractivity contribution in [2.75, 3.05) is 25.4 Å². The molecule has 0 saturated carbocycles. The third-order valence-corrected chi connectivity index (χ3v) is 5.76. The minimum absolute atomic E-state index is 0.188. The summed E-state index contributed by atoms with van der Waals surface area (Å²) >= 11 is 0. The molecule has 5 heteroatoms. The van der Waals surface area contributed by atoms with Crippen LogP contribution < -0.4 is 0 Å². The molecule has 4 nitrogen and oxygen atoms in total. The summed E-state index contributed by atoms with van der Waals surface area (Å²) in [5.41, 5.74) is 0. The highest BCUT2D eigenvalue weighted by molar-refractivity contribution is 7.92. The molecule has 0 aromatic carbocycles. The van der Waals surface area contributed by atoms with Gasteiger partial charge in [-0.2, -0.15) is 0 Å². The zero-order chi connectivity index (χ0) is 13.1. The van der Waals surface area contributed by atoms with Gasteiger partial charge in [0.1, 0.15) is 5.78 Å². The standard InChI is InChI=1S/C12H23NO3S/c1-10(2)17(15,16)9-8-13-6-4-12(5-7-13)11(3)14/h10,12H,4-9H2,1-3H3. The lowest BCUT2D eigenvalue weighted by Gasteiger charge is -2.30. The zero-order valence-corrected chi connectivity index (χ0v) is 11.8. The van der Waals surface area contributed by atoms with Gasteiger partial charge < -0.3 is 4.90 Å². The molecule has 1 aliphatic rings. The topological polar surface area (TPSA) is 54.5 Å². The van der Waals surface area contributed by atoms with Gasteiger partial charge in [0, 0.05) is 12.5 Å². The Morgan fingerprint density at radius 2 is 1.82 bits per heavy atom. The number of hydrogen-bond acceptors (Lipinski definition) is 4. The normalized spacial score (nSPS) is 19.8. The molecule has 0 N–H and O–H groups in total. The van der Waals surface area contributed by atoms with E-state index in [-0.39, 0.29) is 22.7 Å². The SMILES string of the molecule is CC(=O)C1CCN(CCS(=O)(=O)C(C)C)CC1. The summed E-state index contributed by atoms with van der Waals surface area (Å²) < 4.78 is 23.3. The lowest BCUT2D eigenvalue weighted by atomic mass is 9.93. The monoisotopic (exact) mass is 261 g/mol. The van der Waals surface area contributed by atoms with Crippen LogP contribution in [0.1, 0.15) is 33.6 Å². The summed E-state index contributed by atoms with van der Waals surface area (Å²) in [7, 11) is -2.94. The largest absolute Gasteiger partial charge is 0.302 e. The van der Waals surface area contributed by atoms with E-state index >= 15 is 0 Å². The molecule has 0 atom stereocenters. The minimum Gasteiger partial charge on any atom is -0.302 e. The molecule has 1 heterocycles. The fraction of sp³-hybridized carbons (Fsp3) is 0.917. The first kappa shape index (κ1) is 14.6. The number of carbonyl (C=O) groups excluding carboxylic acids is 1. The van der Waals surface area contributed by atoms with E-state index in [4.69, 9.17) is 0 Å². The van der Waals surface area contributed by atoms with Crippen molar-refractivity contribution in [2.45, 2.75) is 38.9 Å². The number of hydrogen-bond donors (Lipinski definition) is 0. The lowest BCUT2D eigenvalue weighted by Crippen LogP contribution is -2.39. The van der Waals surface area contributed by atoms with E-state index in [0.29, 0.717) is 6.54 Å². The van der Waals surface area contributed by atoms with Gasteiger partial charge in [0.2, 0.25) is 0 Å². The summed E-state index contributed by atoms with van der Waals surface area (Å²) in [6, 6.07) is 0. The van der Waals surface area contributed by atoms with E-state index < -0.39 is 9.84 Å². The van der Waals surface area contributed by atoms with Gasteiger partial charge >= 0.3 is 0 Å². The van der Waals surface area contributed by atoms with Crippen LogP contribution in [0.25, 0.3) is 0 Å². The fourth-order valence-corrected chi connectivity index (χ4v) is 3.04. The molecule has 0 radical (unpaired) electrons. The second-order valence-electron chi connectivity index (χ2n) is 5.14. The lowest BCUT2D eigenvalue weighted by molar-refractivity contribution is -0.122. The molecule has 0 spiro atoms. The highest BCUT2D eigenvalue weighted by atomic mass is 32.2. The molecule has 1 saturated heterocycles. The van der Waals surface area contributed by atoms with Crippen molar-refractivity contribution >= 4 is 15.6 Å². The second kappa shape index (κ2) is 5.96. The van der Waals surface area contributed by atoms with Crippen molar-refractivity contribution in [3.8, 4) is 0 Å². The van der Waals surface area contributed by atoms with Crippen LogP contribution >= 0.6 is 0 Å². The van der Waals surface area contributed by atoms with E-state index in [2.05, 4.69) is 4.90 Å². The molecule has 1 aliphatic heterocycles. The summed E-state index contributed by atoms with van der Waals surface area (Å²) in [4.78, 5) is 13.3. The maximum atomic E-state index is 11.7. The molecule has 1 rings (SSSR count). The van der Waals surface area contributed by atoms with Crippen molar-refractivity contribution in [2.24, 2.45) is 5.92 Å². The molecule has 17 heavy (non-hydrogen) atoms. The Bertz CT molecular complexity index is 354. The predicted molar refractivity (Wildman–Crippen MR) is 68.8 cm³/mol. The number of rotatable bonds is 5. The van der Waals surface area contributed by atoms with Gasteiger partial charge in [0.15, 0.2) is 9.84 Å². The zero-order valence-electron chi connectivity index (χ0n) is 11.0. The summed E-state index contributed by atoms with van der Waals surface area (Å²) in [5, 5.41) is -0.294. The van der Waals surface area contributed by atoms with Crippen molar-refractivity contribution < 1.29 is 13.2 Å². The maximum absolute atomic E-state index is 11.7. The van der Waals surface area contributed by atoms with Crippen LogP contribution in [0.3, 0.4) is 0 Å². The molecule has 100 valence electrons. The molecular weight excluding hydrogens is 238 g/mol. The van der Waals surface area contributed by atoms with Gasteiger partial charge in [0.05, 0.1) is 11.0 Å². The average Bonchev–Trinajstić information content (AvgIpc) is 2.27. The van der Waals surface area contributed by atoms with E-state index in [1.54, 1.807) is 20.8 Å². The Hall–Kier alpha value is -0.420. The van der Waals surface area contributed by atoms with E-state index in [9.17, 15) is 13.2 Å². The molecule has 0 aromatic heterocycles. The fourth-order valence-electron chi connectivity index (χ4n) is 2.06. The van der Waals surface area contributed by atoms with Crippen LogP contribution in [-0.2, 0) is 14.6 Å². The Kier molecular flexibility index (Phi) is 5.13. The van der Waals surface area contributed by atoms with Gasteiger partial charge in [-0.1, -0.05) is 0 Å². The molecule has 0 amide bonds. The summed E-state index contributed by atoms with van der Waals surface area (Å²) in [5.74, 6) is 0.683. The van der Waals surface area contributed by atoms with Crippen LogP contribution in [0.2, 0.25) is 0 Å². The summed E-state index contributed by atoms with van der Waals surface area (Å²) in [6.45, 7) is 7.37. The van der Waals surface area contributed by atoms with Gasteiger partial charge in [-0.15, -0.1) is 0 Å². The number of nitrogens with zero attached hydrogens (tertiary/aromatic N) is 1. The third-order valence-electron chi connectivity index (χ3n) is 3.57. The second-order valence-corrected chi connectivity index (χ2v) is 7.82. The van der Waals surface area contributed by atoms with Crippen LogP contribution in [-0.4, -0.2) is 49.7 Å². The van der Waals surface area contributed by atoms with Gasteiger partial charge in [-0.05, 0) is 46.7 Å². The van der Waals surface area contributed by atoms with Crippen LogP contribution in [0, 0.1) is 5.92 Å². The van der Waals surface area contributed by atoms with Crippen molar-refractivity contribution in [3.63, 3.8) is 0 Å². The van der Waals surface area contributed by atoms with Gasteiger partial charge in [-0.3, -0.25) is 4.79 Å². The quantitative estimate of drug-likeness (QED) is 0.744. The van der Waals surface area contributed by atoms with Crippen LogP contribution in [0.15, 0.2) is 0 Å². The maximum Gasteiger partial charge on any atom is 0.153 e. The number of likely N-dealkylation sites (tertiary alicyclic amines) is 1. The Morgan fingerprint density at radius 1 is 1.29 bits per heavy atom. The highest BCUT2D eigenvalue weighted by Gasteiger charge is 2.24. The van der Waals surface area contributed by atoms with Crippen molar-refractivity contribution in [1.29, 1.82) is 0 Å². The number of Topliss-reactive ketones (excluding diaryl/α,β-unsaturated/α-hetero) is 1. The van der Waals surface area contributed by atoms with Crippen LogP contribution in [0.5, 0.6) is 0 Å².